The van der Waals surface area contributed by atoms with Crippen LogP contribution >= 0.6 is 0 Å². The zero-order valence-electron chi connectivity index (χ0n) is 9.93. The molecule has 0 saturated heterocycles. The fourth-order valence-corrected chi connectivity index (χ4v) is 1.55. The Hall–Kier alpha value is -2.37. The van der Waals surface area contributed by atoms with Crippen LogP contribution in [0.3, 0.4) is 0 Å². The van der Waals surface area contributed by atoms with Gasteiger partial charge < -0.3 is 15.5 Å². The van der Waals surface area contributed by atoms with Gasteiger partial charge in [0.2, 0.25) is 0 Å². The van der Waals surface area contributed by atoms with E-state index in [2.05, 4.69) is 5.32 Å². The van der Waals surface area contributed by atoms with E-state index in [9.17, 15) is 14.4 Å². The summed E-state index contributed by atoms with van der Waals surface area (Å²) in [5.41, 5.74) is 1.93. The summed E-state index contributed by atoms with van der Waals surface area (Å²) in [6.07, 6.45) is 0. The maximum atomic E-state index is 11.3. The molecule has 0 amide bonds. The first kappa shape index (κ1) is 13.7. The smallest absolute Gasteiger partial charge is 0.375 e. The average Bonchev–Trinajstić information content (AvgIpc) is 2.27. The molecule has 1 atom stereocenters. The predicted molar refractivity (Wildman–Crippen MR) is 63.6 cm³/mol. The summed E-state index contributed by atoms with van der Waals surface area (Å²) in [6.45, 7) is 3.47. The number of Topliss-reactive ketones (excluding diaryl/α,β-unsaturated/α-hetero) is 1. The van der Waals surface area contributed by atoms with Crippen molar-refractivity contribution in [1.82, 2.24) is 0 Å². The molecule has 3 N–H and O–H groups in total. The van der Waals surface area contributed by atoms with Crippen LogP contribution < -0.4 is 5.32 Å². The highest BCUT2D eigenvalue weighted by molar-refractivity contribution is 6.39. The monoisotopic (exact) mass is 251 g/mol. The van der Waals surface area contributed by atoms with Crippen molar-refractivity contribution in [3.63, 3.8) is 0 Å². The maximum absolute atomic E-state index is 11.3. The van der Waals surface area contributed by atoms with Gasteiger partial charge in [-0.3, -0.25) is 4.79 Å². The van der Waals surface area contributed by atoms with E-state index < -0.39 is 23.8 Å². The van der Waals surface area contributed by atoms with Crippen LogP contribution in [0.1, 0.15) is 11.1 Å². The molecule has 1 aromatic rings. The quantitative estimate of drug-likeness (QED) is 0.528. The van der Waals surface area contributed by atoms with Gasteiger partial charge in [-0.15, -0.1) is 0 Å². The Morgan fingerprint density at radius 3 is 2.00 bits per heavy atom. The van der Waals surface area contributed by atoms with Crippen LogP contribution in [0.25, 0.3) is 0 Å². The van der Waals surface area contributed by atoms with Gasteiger partial charge in [0.15, 0.2) is 6.04 Å². The molecule has 96 valence electrons. The number of para-hydroxylation sites is 1. The number of hydrogen-bond donors (Lipinski definition) is 3. The highest BCUT2D eigenvalue weighted by atomic mass is 16.4. The van der Waals surface area contributed by atoms with Crippen LogP contribution in [-0.2, 0) is 14.4 Å². The number of aryl methyl sites for hydroxylation is 2. The van der Waals surface area contributed by atoms with E-state index >= 15 is 0 Å². The molecule has 0 fully saturated rings. The number of carboxylic acids is 2. The van der Waals surface area contributed by atoms with Crippen LogP contribution in [0.2, 0.25) is 0 Å². The number of rotatable bonds is 5. The Morgan fingerprint density at radius 1 is 1.11 bits per heavy atom. The third kappa shape index (κ3) is 2.85. The van der Waals surface area contributed by atoms with E-state index in [0.29, 0.717) is 5.69 Å². The molecule has 0 aliphatic rings. The van der Waals surface area contributed by atoms with Crippen molar-refractivity contribution in [2.24, 2.45) is 0 Å². The third-order valence-electron chi connectivity index (χ3n) is 2.49. The molecule has 1 rings (SSSR count). The minimum absolute atomic E-state index is 0.458. The summed E-state index contributed by atoms with van der Waals surface area (Å²) in [5.74, 6) is -4.70. The SMILES string of the molecule is Cc1cccc(C)c1NC(C(=O)O)C(=O)C(=O)O. The summed E-state index contributed by atoms with van der Waals surface area (Å²) in [4.78, 5) is 32.7. The summed E-state index contributed by atoms with van der Waals surface area (Å²) >= 11 is 0. The predicted octanol–water partition coefficient (Wildman–Crippen LogP) is 0.822. The highest BCUT2D eigenvalue weighted by Gasteiger charge is 2.31. The average molecular weight is 251 g/mol. The lowest BCUT2D eigenvalue weighted by atomic mass is 10.1. The van der Waals surface area contributed by atoms with Gasteiger partial charge in [0, 0.05) is 5.69 Å². The number of carbonyl (C=O) groups excluding carboxylic acids is 1. The van der Waals surface area contributed by atoms with Crippen molar-refractivity contribution in [3.8, 4) is 0 Å². The largest absolute Gasteiger partial charge is 0.479 e. The zero-order chi connectivity index (χ0) is 13.9. The van der Waals surface area contributed by atoms with E-state index in [0.717, 1.165) is 11.1 Å². The van der Waals surface area contributed by atoms with E-state index in [1.165, 1.54) is 0 Å². The number of nitrogens with one attached hydrogen (secondary N) is 1. The number of carboxylic acid groups (broad SMARTS) is 2. The third-order valence-corrected chi connectivity index (χ3v) is 2.49. The molecular formula is C12H13NO5. The van der Waals surface area contributed by atoms with Crippen LogP contribution in [0.4, 0.5) is 5.69 Å². The van der Waals surface area contributed by atoms with Crippen LogP contribution in [-0.4, -0.2) is 34.0 Å². The lowest BCUT2D eigenvalue weighted by molar-refractivity contribution is -0.153. The van der Waals surface area contributed by atoms with Gasteiger partial charge >= 0.3 is 11.9 Å². The molecule has 0 aliphatic heterocycles. The summed E-state index contributed by atoms with van der Waals surface area (Å²) in [7, 11) is 0. The number of ketones is 1. The standard InChI is InChI=1S/C12H13NO5/c1-6-4-3-5-7(2)8(6)13-9(11(15)16)10(14)12(17)18/h3-5,9,13H,1-2H3,(H,15,16)(H,17,18). The number of hydrogen-bond acceptors (Lipinski definition) is 4. The second-order valence-electron chi connectivity index (χ2n) is 3.85. The molecule has 0 radical (unpaired) electrons. The summed E-state index contributed by atoms with van der Waals surface area (Å²) in [6, 6.07) is 3.46. The molecule has 0 aliphatic carbocycles. The van der Waals surface area contributed by atoms with Crippen LogP contribution in [0.15, 0.2) is 18.2 Å². The van der Waals surface area contributed by atoms with Crippen molar-refractivity contribution in [3.05, 3.63) is 29.3 Å². The number of carbonyl (C=O) groups is 3. The van der Waals surface area contributed by atoms with Crippen molar-refractivity contribution in [1.29, 1.82) is 0 Å². The van der Waals surface area contributed by atoms with Gasteiger partial charge in [0.1, 0.15) is 0 Å². The van der Waals surface area contributed by atoms with Crippen LogP contribution in [0, 0.1) is 13.8 Å². The van der Waals surface area contributed by atoms with Gasteiger partial charge in [-0.2, -0.15) is 0 Å². The fourth-order valence-electron chi connectivity index (χ4n) is 1.55. The van der Waals surface area contributed by atoms with E-state index in [1.54, 1.807) is 32.0 Å². The summed E-state index contributed by atoms with van der Waals surface area (Å²) < 4.78 is 0. The maximum Gasteiger partial charge on any atom is 0.375 e. The lowest BCUT2D eigenvalue weighted by Gasteiger charge is -2.16. The van der Waals surface area contributed by atoms with Gasteiger partial charge in [0.05, 0.1) is 0 Å². The molecule has 18 heavy (non-hydrogen) atoms. The first-order valence-electron chi connectivity index (χ1n) is 5.17. The van der Waals surface area contributed by atoms with E-state index in [4.69, 9.17) is 10.2 Å². The van der Waals surface area contributed by atoms with Crippen molar-refractivity contribution < 1.29 is 24.6 Å². The van der Waals surface area contributed by atoms with Gasteiger partial charge in [-0.05, 0) is 25.0 Å². The molecule has 0 spiro atoms. The number of anilines is 1. The zero-order valence-corrected chi connectivity index (χ0v) is 9.93. The topological polar surface area (TPSA) is 104 Å². The number of aliphatic carboxylic acids is 2. The molecule has 6 nitrogen and oxygen atoms in total. The van der Waals surface area contributed by atoms with Gasteiger partial charge in [-0.1, -0.05) is 18.2 Å². The Balaban J connectivity index is 3.09. The normalized spacial score (nSPS) is 11.7. The van der Waals surface area contributed by atoms with Crippen molar-refractivity contribution >= 4 is 23.4 Å². The van der Waals surface area contributed by atoms with Crippen molar-refractivity contribution in [2.75, 3.05) is 5.32 Å². The molecule has 0 saturated carbocycles. The Labute approximate surface area is 103 Å². The first-order chi connectivity index (χ1) is 8.34. The van der Waals surface area contributed by atoms with Crippen LogP contribution in [0.5, 0.6) is 0 Å². The Bertz CT molecular complexity index is 489. The highest BCUT2D eigenvalue weighted by Crippen LogP contribution is 2.20. The lowest BCUT2D eigenvalue weighted by Crippen LogP contribution is -2.41. The van der Waals surface area contributed by atoms with E-state index in [-0.39, 0.29) is 0 Å². The van der Waals surface area contributed by atoms with Gasteiger partial charge in [0.25, 0.3) is 5.78 Å². The Morgan fingerprint density at radius 2 is 1.61 bits per heavy atom. The molecule has 1 unspecified atom stereocenters. The van der Waals surface area contributed by atoms with Crippen molar-refractivity contribution in [2.45, 2.75) is 19.9 Å². The van der Waals surface area contributed by atoms with Gasteiger partial charge in [-0.25, -0.2) is 9.59 Å². The second kappa shape index (κ2) is 5.31. The first-order valence-corrected chi connectivity index (χ1v) is 5.17. The van der Waals surface area contributed by atoms with E-state index in [1.807, 2.05) is 0 Å². The molecule has 0 bridgehead atoms. The molecule has 1 aromatic carbocycles. The molecule has 0 aromatic heterocycles. The second-order valence-corrected chi connectivity index (χ2v) is 3.85. The fraction of sp³-hybridized carbons (Fsp3) is 0.250. The molecular weight excluding hydrogens is 238 g/mol. The summed E-state index contributed by atoms with van der Waals surface area (Å²) in [5, 5.41) is 19.9. The number of benzene rings is 1. The Kier molecular flexibility index (Phi) is 4.04. The molecule has 6 heteroatoms. The molecule has 0 heterocycles. The minimum Gasteiger partial charge on any atom is -0.479 e. The minimum atomic E-state index is -1.79.